The maximum absolute atomic E-state index is 11.8. The molecule has 1 saturated heterocycles. The standard InChI is InChI=1S/C10H14N4O3S/c1-11-9-5-12-8(4-13-9)10(15)14-7-2-3-18(16,17)6-7/h4-5,7H,2-3,6H2,1H3,(H,11,13)(H,14,15). The number of sulfone groups is 1. The van der Waals surface area contributed by atoms with Gasteiger partial charge in [-0.25, -0.2) is 18.4 Å². The molecule has 0 aromatic carbocycles. The Hall–Kier alpha value is -1.70. The van der Waals surface area contributed by atoms with Crippen LogP contribution in [-0.2, 0) is 9.84 Å². The van der Waals surface area contributed by atoms with Crippen molar-refractivity contribution in [3.63, 3.8) is 0 Å². The Morgan fingerprint density at radius 1 is 1.39 bits per heavy atom. The van der Waals surface area contributed by atoms with Gasteiger partial charge in [0.15, 0.2) is 9.84 Å². The summed E-state index contributed by atoms with van der Waals surface area (Å²) in [6, 6.07) is -0.326. The first-order valence-electron chi connectivity index (χ1n) is 5.51. The molecule has 0 saturated carbocycles. The van der Waals surface area contributed by atoms with Crippen LogP contribution in [0.3, 0.4) is 0 Å². The summed E-state index contributed by atoms with van der Waals surface area (Å²) in [4.78, 5) is 19.7. The summed E-state index contributed by atoms with van der Waals surface area (Å²) in [7, 11) is -1.29. The number of hydrogen-bond acceptors (Lipinski definition) is 6. The van der Waals surface area contributed by atoms with Crippen molar-refractivity contribution in [1.82, 2.24) is 15.3 Å². The van der Waals surface area contributed by atoms with Crippen molar-refractivity contribution in [2.24, 2.45) is 0 Å². The Balaban J connectivity index is 1.99. The molecule has 2 N–H and O–H groups in total. The third-order valence-corrected chi connectivity index (χ3v) is 4.48. The van der Waals surface area contributed by atoms with Crippen LogP contribution in [0, 0.1) is 0 Å². The largest absolute Gasteiger partial charge is 0.372 e. The molecule has 2 heterocycles. The summed E-state index contributed by atoms with van der Waals surface area (Å²) in [5.41, 5.74) is 0.179. The van der Waals surface area contributed by atoms with Crippen LogP contribution in [0.1, 0.15) is 16.9 Å². The number of carbonyl (C=O) groups is 1. The predicted molar refractivity (Wildman–Crippen MR) is 66.1 cm³/mol. The Morgan fingerprint density at radius 3 is 2.67 bits per heavy atom. The van der Waals surface area contributed by atoms with Gasteiger partial charge in [-0.1, -0.05) is 0 Å². The smallest absolute Gasteiger partial charge is 0.271 e. The lowest BCUT2D eigenvalue weighted by atomic mass is 10.2. The second-order valence-corrected chi connectivity index (χ2v) is 6.34. The molecule has 98 valence electrons. The van der Waals surface area contributed by atoms with Gasteiger partial charge in [-0.05, 0) is 6.42 Å². The number of hydrogen-bond donors (Lipinski definition) is 2. The van der Waals surface area contributed by atoms with Crippen LogP contribution in [0.15, 0.2) is 12.4 Å². The van der Waals surface area contributed by atoms with E-state index in [0.29, 0.717) is 12.2 Å². The van der Waals surface area contributed by atoms with Crippen LogP contribution < -0.4 is 10.6 Å². The number of amides is 1. The molecule has 0 spiro atoms. The van der Waals surface area contributed by atoms with Gasteiger partial charge in [0.1, 0.15) is 11.5 Å². The van der Waals surface area contributed by atoms with E-state index in [1.54, 1.807) is 7.05 Å². The molecular weight excluding hydrogens is 256 g/mol. The normalized spacial score (nSPS) is 21.5. The highest BCUT2D eigenvalue weighted by Gasteiger charge is 2.29. The fourth-order valence-corrected chi connectivity index (χ4v) is 3.42. The summed E-state index contributed by atoms with van der Waals surface area (Å²) in [5, 5.41) is 5.44. The number of anilines is 1. The molecule has 1 amide bonds. The highest BCUT2D eigenvalue weighted by molar-refractivity contribution is 7.91. The van der Waals surface area contributed by atoms with Gasteiger partial charge in [0.2, 0.25) is 0 Å². The summed E-state index contributed by atoms with van der Waals surface area (Å²) < 4.78 is 22.5. The lowest BCUT2D eigenvalue weighted by Crippen LogP contribution is -2.36. The third-order valence-electron chi connectivity index (χ3n) is 2.71. The van der Waals surface area contributed by atoms with Crippen molar-refractivity contribution in [1.29, 1.82) is 0 Å². The molecule has 1 aliphatic heterocycles. The van der Waals surface area contributed by atoms with Gasteiger partial charge >= 0.3 is 0 Å². The number of nitrogens with zero attached hydrogens (tertiary/aromatic N) is 2. The van der Waals surface area contributed by atoms with E-state index in [1.165, 1.54) is 12.4 Å². The van der Waals surface area contributed by atoms with Crippen LogP contribution in [0.2, 0.25) is 0 Å². The quantitative estimate of drug-likeness (QED) is 0.763. The van der Waals surface area contributed by atoms with Crippen molar-refractivity contribution in [3.8, 4) is 0 Å². The molecule has 1 fully saturated rings. The van der Waals surface area contributed by atoms with E-state index in [-0.39, 0.29) is 23.2 Å². The molecule has 0 radical (unpaired) electrons. The monoisotopic (exact) mass is 270 g/mol. The molecule has 7 nitrogen and oxygen atoms in total. The lowest BCUT2D eigenvalue weighted by Gasteiger charge is -2.10. The summed E-state index contributed by atoms with van der Waals surface area (Å²) in [6.07, 6.45) is 3.25. The molecule has 0 aliphatic carbocycles. The Kier molecular flexibility index (Phi) is 3.46. The second kappa shape index (κ2) is 4.89. The maximum Gasteiger partial charge on any atom is 0.271 e. The van der Waals surface area contributed by atoms with Gasteiger partial charge in [-0.15, -0.1) is 0 Å². The molecule has 1 unspecified atom stereocenters. The van der Waals surface area contributed by atoms with Crippen LogP contribution >= 0.6 is 0 Å². The van der Waals surface area contributed by atoms with Gasteiger partial charge in [0.05, 0.1) is 23.9 Å². The van der Waals surface area contributed by atoms with Gasteiger partial charge in [0, 0.05) is 13.1 Å². The van der Waals surface area contributed by atoms with Gasteiger partial charge in [-0.2, -0.15) is 0 Å². The Bertz CT molecular complexity index is 541. The van der Waals surface area contributed by atoms with Crippen LogP contribution in [0.5, 0.6) is 0 Å². The topological polar surface area (TPSA) is 101 Å². The second-order valence-electron chi connectivity index (χ2n) is 4.11. The average molecular weight is 270 g/mol. The van der Waals surface area contributed by atoms with Crippen molar-refractivity contribution in [2.75, 3.05) is 23.9 Å². The zero-order valence-electron chi connectivity index (χ0n) is 9.88. The first-order chi connectivity index (χ1) is 8.50. The number of nitrogens with one attached hydrogen (secondary N) is 2. The highest BCUT2D eigenvalue weighted by atomic mass is 32.2. The SMILES string of the molecule is CNc1cnc(C(=O)NC2CCS(=O)(=O)C2)cn1. The average Bonchev–Trinajstić information content (AvgIpc) is 2.68. The fourth-order valence-electron chi connectivity index (χ4n) is 1.74. The summed E-state index contributed by atoms with van der Waals surface area (Å²) in [5.74, 6) is 0.297. The van der Waals surface area contributed by atoms with Crippen molar-refractivity contribution in [3.05, 3.63) is 18.1 Å². The van der Waals surface area contributed by atoms with Crippen molar-refractivity contribution in [2.45, 2.75) is 12.5 Å². The molecule has 1 aliphatic rings. The molecule has 8 heteroatoms. The molecule has 1 aromatic heterocycles. The fraction of sp³-hybridized carbons (Fsp3) is 0.500. The van der Waals surface area contributed by atoms with E-state index in [4.69, 9.17) is 0 Å². The zero-order valence-corrected chi connectivity index (χ0v) is 10.7. The van der Waals surface area contributed by atoms with E-state index in [1.807, 2.05) is 0 Å². The molecule has 2 rings (SSSR count). The Morgan fingerprint density at radius 2 is 2.17 bits per heavy atom. The number of aromatic nitrogens is 2. The molecule has 1 aromatic rings. The first kappa shape index (κ1) is 12.7. The molecule has 0 bridgehead atoms. The van der Waals surface area contributed by atoms with Crippen LogP contribution in [0.25, 0.3) is 0 Å². The van der Waals surface area contributed by atoms with E-state index >= 15 is 0 Å². The van der Waals surface area contributed by atoms with Crippen LogP contribution in [-0.4, -0.2) is 48.9 Å². The minimum atomic E-state index is -2.99. The lowest BCUT2D eigenvalue weighted by molar-refractivity contribution is 0.0935. The third kappa shape index (κ3) is 2.95. The highest BCUT2D eigenvalue weighted by Crippen LogP contribution is 2.11. The van der Waals surface area contributed by atoms with Gasteiger partial charge in [-0.3, -0.25) is 4.79 Å². The maximum atomic E-state index is 11.8. The van der Waals surface area contributed by atoms with Gasteiger partial charge < -0.3 is 10.6 Å². The van der Waals surface area contributed by atoms with E-state index in [9.17, 15) is 13.2 Å². The van der Waals surface area contributed by atoms with Gasteiger partial charge in [0.25, 0.3) is 5.91 Å². The number of rotatable bonds is 3. The van der Waals surface area contributed by atoms with Crippen molar-refractivity contribution < 1.29 is 13.2 Å². The van der Waals surface area contributed by atoms with Crippen LogP contribution in [0.4, 0.5) is 5.82 Å². The summed E-state index contributed by atoms with van der Waals surface area (Å²) in [6.45, 7) is 0. The zero-order chi connectivity index (χ0) is 13.2. The Labute approximate surface area is 105 Å². The minimum absolute atomic E-state index is 0.000762. The van der Waals surface area contributed by atoms with E-state index < -0.39 is 15.7 Å². The molecule has 1 atom stereocenters. The summed E-state index contributed by atoms with van der Waals surface area (Å²) >= 11 is 0. The van der Waals surface area contributed by atoms with E-state index in [0.717, 1.165) is 0 Å². The van der Waals surface area contributed by atoms with E-state index in [2.05, 4.69) is 20.6 Å². The molecular formula is C10H14N4O3S. The number of carbonyl (C=O) groups excluding carboxylic acids is 1. The molecule has 18 heavy (non-hydrogen) atoms. The predicted octanol–water partition coefficient (Wildman–Crippen LogP) is -0.565. The van der Waals surface area contributed by atoms with Crippen molar-refractivity contribution >= 4 is 21.6 Å². The first-order valence-corrected chi connectivity index (χ1v) is 7.33. The minimum Gasteiger partial charge on any atom is -0.372 e.